The molecule has 0 fully saturated rings. The van der Waals surface area contributed by atoms with Gasteiger partial charge >= 0.3 is 0 Å². The standard InChI is InChI=1S/C9H14N2/c1-3-8-5-7-11(2)9(8)4-6-10/h3-4,6H,1,5,7,10H2,2H3/b6-4-. The van der Waals surface area contributed by atoms with Crippen molar-refractivity contribution >= 4 is 0 Å². The Hall–Kier alpha value is -1.18. The predicted molar refractivity (Wildman–Crippen MR) is 47.8 cm³/mol. The van der Waals surface area contributed by atoms with Gasteiger partial charge in [-0.25, -0.2) is 0 Å². The van der Waals surface area contributed by atoms with E-state index < -0.39 is 0 Å². The van der Waals surface area contributed by atoms with Crippen molar-refractivity contribution in [1.82, 2.24) is 4.90 Å². The smallest absolute Gasteiger partial charge is 0.0411 e. The lowest BCUT2D eigenvalue weighted by Gasteiger charge is -2.12. The maximum absolute atomic E-state index is 5.31. The molecule has 0 bridgehead atoms. The topological polar surface area (TPSA) is 29.3 Å². The fourth-order valence-corrected chi connectivity index (χ4v) is 1.31. The van der Waals surface area contributed by atoms with E-state index in [0.717, 1.165) is 13.0 Å². The number of rotatable bonds is 2. The average Bonchev–Trinajstić information content (AvgIpc) is 2.34. The second kappa shape index (κ2) is 3.28. The molecule has 1 aliphatic rings. The predicted octanol–water partition coefficient (Wildman–Crippen LogP) is 1.23. The summed E-state index contributed by atoms with van der Waals surface area (Å²) >= 11 is 0. The van der Waals surface area contributed by atoms with Crippen LogP contribution in [0.4, 0.5) is 0 Å². The van der Waals surface area contributed by atoms with Gasteiger partial charge in [0.1, 0.15) is 0 Å². The van der Waals surface area contributed by atoms with Gasteiger partial charge < -0.3 is 10.6 Å². The summed E-state index contributed by atoms with van der Waals surface area (Å²) in [4.78, 5) is 2.18. The number of allylic oxidation sites excluding steroid dienone is 2. The number of nitrogens with zero attached hydrogens (tertiary/aromatic N) is 1. The summed E-state index contributed by atoms with van der Waals surface area (Å²) in [7, 11) is 2.06. The molecule has 0 aromatic heterocycles. The first-order chi connectivity index (χ1) is 5.29. The summed E-state index contributed by atoms with van der Waals surface area (Å²) in [6.45, 7) is 4.82. The van der Waals surface area contributed by atoms with Crippen LogP contribution < -0.4 is 5.73 Å². The molecule has 0 amide bonds. The van der Waals surface area contributed by atoms with Gasteiger partial charge in [0.05, 0.1) is 0 Å². The molecule has 0 aliphatic carbocycles. The fourth-order valence-electron chi connectivity index (χ4n) is 1.31. The normalized spacial score (nSPS) is 18.5. The van der Waals surface area contributed by atoms with Gasteiger partial charge in [0, 0.05) is 19.3 Å². The first kappa shape index (κ1) is 7.92. The van der Waals surface area contributed by atoms with E-state index in [9.17, 15) is 0 Å². The lowest BCUT2D eigenvalue weighted by Crippen LogP contribution is -2.11. The van der Waals surface area contributed by atoms with Gasteiger partial charge in [-0.1, -0.05) is 12.7 Å². The van der Waals surface area contributed by atoms with Crippen LogP contribution in [0.1, 0.15) is 6.42 Å². The van der Waals surface area contributed by atoms with Crippen molar-refractivity contribution in [2.75, 3.05) is 13.6 Å². The van der Waals surface area contributed by atoms with Gasteiger partial charge in [-0.15, -0.1) is 0 Å². The number of likely N-dealkylation sites (N-methyl/N-ethyl adjacent to an activating group) is 1. The Morgan fingerprint density at radius 2 is 2.36 bits per heavy atom. The van der Waals surface area contributed by atoms with Crippen molar-refractivity contribution in [3.63, 3.8) is 0 Å². The molecule has 0 radical (unpaired) electrons. The molecule has 0 aromatic carbocycles. The van der Waals surface area contributed by atoms with E-state index >= 15 is 0 Å². The molecule has 11 heavy (non-hydrogen) atoms. The van der Waals surface area contributed by atoms with Crippen molar-refractivity contribution in [3.8, 4) is 0 Å². The van der Waals surface area contributed by atoms with Gasteiger partial charge in [0.2, 0.25) is 0 Å². The van der Waals surface area contributed by atoms with E-state index in [1.807, 2.05) is 12.2 Å². The van der Waals surface area contributed by atoms with E-state index in [-0.39, 0.29) is 0 Å². The summed E-state index contributed by atoms with van der Waals surface area (Å²) in [5.74, 6) is 0. The maximum Gasteiger partial charge on any atom is 0.0411 e. The zero-order valence-electron chi connectivity index (χ0n) is 6.88. The second-order valence-corrected chi connectivity index (χ2v) is 2.65. The minimum absolute atomic E-state index is 1.07. The van der Waals surface area contributed by atoms with Gasteiger partial charge in [-0.2, -0.15) is 0 Å². The van der Waals surface area contributed by atoms with E-state index in [2.05, 4.69) is 18.5 Å². The Kier molecular flexibility index (Phi) is 2.36. The molecule has 1 heterocycles. The number of hydrogen-bond donors (Lipinski definition) is 1. The van der Waals surface area contributed by atoms with Crippen molar-refractivity contribution in [2.24, 2.45) is 5.73 Å². The molecule has 0 aromatic rings. The number of nitrogens with two attached hydrogens (primary N) is 1. The van der Waals surface area contributed by atoms with Gasteiger partial charge in [-0.3, -0.25) is 0 Å². The Labute approximate surface area is 67.7 Å². The number of hydrogen-bond acceptors (Lipinski definition) is 2. The third-order valence-electron chi connectivity index (χ3n) is 1.96. The van der Waals surface area contributed by atoms with E-state index in [1.165, 1.54) is 11.3 Å². The molecule has 0 unspecified atom stereocenters. The molecule has 2 N–H and O–H groups in total. The molecule has 2 heteroatoms. The summed E-state index contributed by atoms with van der Waals surface area (Å²) < 4.78 is 0. The van der Waals surface area contributed by atoms with Crippen molar-refractivity contribution in [3.05, 3.63) is 36.2 Å². The first-order valence-corrected chi connectivity index (χ1v) is 3.74. The average molecular weight is 150 g/mol. The highest BCUT2D eigenvalue weighted by Crippen LogP contribution is 2.22. The molecule has 60 valence electrons. The van der Waals surface area contributed by atoms with Crippen LogP contribution in [0.2, 0.25) is 0 Å². The summed E-state index contributed by atoms with van der Waals surface area (Å²) in [6.07, 6.45) is 6.48. The van der Waals surface area contributed by atoms with Crippen molar-refractivity contribution in [1.29, 1.82) is 0 Å². The van der Waals surface area contributed by atoms with Crippen LogP contribution in [-0.2, 0) is 0 Å². The van der Waals surface area contributed by atoms with Crippen LogP contribution >= 0.6 is 0 Å². The summed E-state index contributed by atoms with van der Waals surface area (Å²) in [5.41, 5.74) is 7.79. The van der Waals surface area contributed by atoms with E-state index in [0.29, 0.717) is 0 Å². The van der Waals surface area contributed by atoms with Crippen LogP contribution in [0.5, 0.6) is 0 Å². The zero-order valence-corrected chi connectivity index (χ0v) is 6.88. The highest BCUT2D eigenvalue weighted by atomic mass is 15.1. The molecular weight excluding hydrogens is 136 g/mol. The monoisotopic (exact) mass is 150 g/mol. The molecule has 1 aliphatic heterocycles. The minimum atomic E-state index is 1.07. The molecule has 0 saturated carbocycles. The lowest BCUT2D eigenvalue weighted by atomic mass is 10.2. The Morgan fingerprint density at radius 1 is 1.64 bits per heavy atom. The minimum Gasteiger partial charge on any atom is -0.405 e. The summed E-state index contributed by atoms with van der Waals surface area (Å²) in [5, 5.41) is 0. The Morgan fingerprint density at radius 3 is 2.91 bits per heavy atom. The molecule has 0 atom stereocenters. The van der Waals surface area contributed by atoms with Crippen molar-refractivity contribution < 1.29 is 0 Å². The van der Waals surface area contributed by atoms with E-state index in [1.54, 1.807) is 6.20 Å². The van der Waals surface area contributed by atoms with Crippen LogP contribution in [0, 0.1) is 0 Å². The fraction of sp³-hybridized carbons (Fsp3) is 0.333. The first-order valence-electron chi connectivity index (χ1n) is 3.74. The highest BCUT2D eigenvalue weighted by molar-refractivity contribution is 5.34. The van der Waals surface area contributed by atoms with Crippen LogP contribution in [-0.4, -0.2) is 18.5 Å². The second-order valence-electron chi connectivity index (χ2n) is 2.65. The molecule has 2 nitrogen and oxygen atoms in total. The molecule has 0 spiro atoms. The van der Waals surface area contributed by atoms with Crippen LogP contribution in [0.3, 0.4) is 0 Å². The lowest BCUT2D eigenvalue weighted by molar-refractivity contribution is 0.471. The summed E-state index contributed by atoms with van der Waals surface area (Å²) in [6, 6.07) is 0. The molecule has 0 saturated heterocycles. The molecular formula is C9H14N2. The third kappa shape index (κ3) is 1.45. The van der Waals surface area contributed by atoms with Gasteiger partial charge in [0.25, 0.3) is 0 Å². The third-order valence-corrected chi connectivity index (χ3v) is 1.96. The van der Waals surface area contributed by atoms with Crippen LogP contribution in [0.25, 0.3) is 0 Å². The van der Waals surface area contributed by atoms with Crippen LogP contribution in [0.15, 0.2) is 36.2 Å². The Bertz CT molecular complexity index is 214. The van der Waals surface area contributed by atoms with Gasteiger partial charge in [-0.05, 0) is 24.3 Å². The SMILES string of the molecule is C=CC1=C(/C=C\N)N(C)CC1. The zero-order chi connectivity index (χ0) is 8.27. The Balaban J connectivity index is 2.89. The van der Waals surface area contributed by atoms with Crippen molar-refractivity contribution in [2.45, 2.75) is 6.42 Å². The molecule has 1 rings (SSSR count). The highest BCUT2D eigenvalue weighted by Gasteiger charge is 2.13. The largest absolute Gasteiger partial charge is 0.405 e. The van der Waals surface area contributed by atoms with Gasteiger partial charge in [0.15, 0.2) is 0 Å². The quantitative estimate of drug-likeness (QED) is 0.641. The maximum atomic E-state index is 5.31. The van der Waals surface area contributed by atoms with E-state index in [4.69, 9.17) is 5.73 Å².